The molecule has 1 rings (SSSR count). The van der Waals surface area contributed by atoms with Gasteiger partial charge in [-0.15, -0.1) is 0 Å². The molecule has 0 saturated heterocycles. The Kier molecular flexibility index (Phi) is 4.86. The molecule has 0 N–H and O–H groups in total. The minimum atomic E-state index is -3.36. The zero-order chi connectivity index (χ0) is 13.9. The van der Waals surface area contributed by atoms with Crippen LogP contribution in [0.3, 0.4) is 0 Å². The molecule has 0 heterocycles. The lowest BCUT2D eigenvalue weighted by atomic mass is 10.2. The molecule has 102 valence electrons. The summed E-state index contributed by atoms with van der Waals surface area (Å²) in [5, 5.41) is 0. The molecule has 0 bridgehead atoms. The van der Waals surface area contributed by atoms with Gasteiger partial charge < -0.3 is 14.4 Å². The Morgan fingerprint density at radius 1 is 1.22 bits per heavy atom. The molecule has 0 aliphatic heterocycles. The summed E-state index contributed by atoms with van der Waals surface area (Å²) in [5.41, 5.74) is 1.34. The number of anilines is 1. The molecule has 0 spiro atoms. The summed E-state index contributed by atoms with van der Waals surface area (Å²) in [6.07, 6.45) is 1.14. The second kappa shape index (κ2) is 5.79. The quantitative estimate of drug-likeness (QED) is 0.606. The smallest absolute Gasteiger partial charge is 0.179 e. The number of hydrogen-bond acceptors (Lipinski definition) is 5. The van der Waals surface area contributed by atoms with E-state index in [0.29, 0.717) is 17.0 Å². The summed E-state index contributed by atoms with van der Waals surface area (Å²) in [6.45, 7) is 0. The number of ether oxygens (including phenoxy) is 2. The first-order chi connectivity index (χ1) is 8.35. The van der Waals surface area contributed by atoms with Crippen molar-refractivity contribution in [3.63, 3.8) is 0 Å². The molecular weight excluding hydrogens is 322 g/mol. The van der Waals surface area contributed by atoms with Gasteiger partial charge in [0.25, 0.3) is 0 Å². The van der Waals surface area contributed by atoms with Crippen molar-refractivity contribution >= 4 is 31.5 Å². The van der Waals surface area contributed by atoms with Gasteiger partial charge >= 0.3 is 0 Å². The molecule has 0 aliphatic carbocycles. The third-order valence-electron chi connectivity index (χ3n) is 2.46. The summed E-state index contributed by atoms with van der Waals surface area (Å²) < 4.78 is 33.7. The van der Waals surface area contributed by atoms with E-state index in [9.17, 15) is 8.42 Å². The Hall–Kier alpha value is -0.950. The van der Waals surface area contributed by atoms with Crippen molar-refractivity contribution in [3.05, 3.63) is 12.1 Å². The van der Waals surface area contributed by atoms with E-state index in [-0.39, 0.29) is 4.90 Å². The SMILES string of the molecule is COc1cc(S(C)(=O)=O)c(OC)cc1N(C)CBr. The molecule has 0 radical (unpaired) electrons. The van der Waals surface area contributed by atoms with Gasteiger partial charge in [-0.2, -0.15) is 0 Å². The maximum atomic E-state index is 11.7. The molecule has 0 amide bonds. The van der Waals surface area contributed by atoms with Crippen LogP contribution in [0.2, 0.25) is 0 Å². The van der Waals surface area contributed by atoms with Crippen molar-refractivity contribution in [2.45, 2.75) is 4.90 Å². The van der Waals surface area contributed by atoms with Gasteiger partial charge in [-0.25, -0.2) is 8.42 Å². The molecule has 18 heavy (non-hydrogen) atoms. The van der Waals surface area contributed by atoms with Crippen molar-refractivity contribution in [3.8, 4) is 11.5 Å². The fourth-order valence-corrected chi connectivity index (χ4v) is 2.61. The minimum Gasteiger partial charge on any atom is -0.495 e. The Labute approximate surface area is 116 Å². The van der Waals surface area contributed by atoms with Crippen LogP contribution in [0.25, 0.3) is 0 Å². The molecule has 0 fully saturated rings. The third kappa shape index (κ3) is 3.08. The molecule has 0 aromatic heterocycles. The second-order valence-electron chi connectivity index (χ2n) is 3.76. The maximum absolute atomic E-state index is 11.7. The second-order valence-corrected chi connectivity index (χ2v) is 6.25. The topological polar surface area (TPSA) is 55.8 Å². The standard InChI is InChI=1S/C11H16BrNO4S/c1-13(7-12)8-5-10(17-3)11(18(4,14)15)6-9(8)16-2/h5-6H,7H2,1-4H3. The molecule has 0 aliphatic rings. The van der Waals surface area contributed by atoms with Crippen molar-refractivity contribution in [1.82, 2.24) is 0 Å². The van der Waals surface area contributed by atoms with Gasteiger partial charge in [0, 0.05) is 25.4 Å². The van der Waals surface area contributed by atoms with Gasteiger partial charge in [0.05, 0.1) is 25.4 Å². The Morgan fingerprint density at radius 2 is 1.78 bits per heavy atom. The van der Waals surface area contributed by atoms with E-state index in [1.54, 1.807) is 6.07 Å². The lowest BCUT2D eigenvalue weighted by Crippen LogP contribution is -2.15. The number of sulfone groups is 1. The van der Waals surface area contributed by atoms with Crippen LogP contribution in [0, 0.1) is 0 Å². The van der Waals surface area contributed by atoms with Crippen LogP contribution in [-0.4, -0.2) is 41.4 Å². The number of hydrogen-bond donors (Lipinski definition) is 0. The van der Waals surface area contributed by atoms with E-state index in [1.165, 1.54) is 20.3 Å². The molecule has 0 unspecified atom stereocenters. The van der Waals surface area contributed by atoms with E-state index in [0.717, 1.165) is 11.9 Å². The minimum absolute atomic E-state index is 0.119. The zero-order valence-corrected chi connectivity index (χ0v) is 13.1. The average molecular weight is 338 g/mol. The van der Waals surface area contributed by atoms with Gasteiger partial charge in [0.2, 0.25) is 0 Å². The monoisotopic (exact) mass is 337 g/mol. The predicted octanol–water partition coefficient (Wildman–Crippen LogP) is 1.90. The first-order valence-electron chi connectivity index (χ1n) is 5.08. The average Bonchev–Trinajstić information content (AvgIpc) is 2.34. The molecular formula is C11H16BrNO4S. The van der Waals surface area contributed by atoms with Crippen LogP contribution in [0.5, 0.6) is 11.5 Å². The van der Waals surface area contributed by atoms with Crippen molar-refractivity contribution in [2.24, 2.45) is 0 Å². The maximum Gasteiger partial charge on any atom is 0.179 e. The zero-order valence-electron chi connectivity index (χ0n) is 10.7. The van der Waals surface area contributed by atoms with Crippen molar-refractivity contribution in [1.29, 1.82) is 0 Å². The van der Waals surface area contributed by atoms with Gasteiger partial charge in [-0.1, -0.05) is 15.9 Å². The first-order valence-corrected chi connectivity index (χ1v) is 8.09. The Balaban J connectivity index is 3.52. The predicted molar refractivity (Wildman–Crippen MR) is 74.9 cm³/mol. The number of benzene rings is 1. The Morgan fingerprint density at radius 3 is 2.17 bits per heavy atom. The summed E-state index contributed by atoms with van der Waals surface area (Å²) >= 11 is 3.33. The van der Waals surface area contributed by atoms with Crippen LogP contribution in [0.1, 0.15) is 0 Å². The van der Waals surface area contributed by atoms with Crippen molar-refractivity contribution in [2.75, 3.05) is 37.9 Å². The summed E-state index contributed by atoms with van der Waals surface area (Å²) in [6, 6.07) is 3.12. The lowest BCUT2D eigenvalue weighted by Gasteiger charge is -2.21. The highest BCUT2D eigenvalue weighted by molar-refractivity contribution is 9.09. The van der Waals surface area contributed by atoms with E-state index < -0.39 is 9.84 Å². The fraction of sp³-hybridized carbons (Fsp3) is 0.455. The van der Waals surface area contributed by atoms with E-state index in [1.807, 2.05) is 11.9 Å². The first kappa shape index (κ1) is 15.1. The molecule has 0 atom stereocenters. The van der Waals surface area contributed by atoms with Gasteiger partial charge in [0.15, 0.2) is 9.84 Å². The number of halogens is 1. The van der Waals surface area contributed by atoms with Gasteiger partial charge in [-0.3, -0.25) is 0 Å². The van der Waals surface area contributed by atoms with Crippen LogP contribution >= 0.6 is 15.9 Å². The lowest BCUT2D eigenvalue weighted by molar-refractivity contribution is 0.393. The van der Waals surface area contributed by atoms with Crippen molar-refractivity contribution < 1.29 is 17.9 Å². The van der Waals surface area contributed by atoms with Crippen LogP contribution in [0.4, 0.5) is 5.69 Å². The fourth-order valence-electron chi connectivity index (χ4n) is 1.51. The molecule has 7 heteroatoms. The number of methoxy groups -OCH3 is 2. The number of nitrogens with zero attached hydrogens (tertiary/aromatic N) is 1. The summed E-state index contributed by atoms with van der Waals surface area (Å²) in [7, 11) is 1.43. The largest absolute Gasteiger partial charge is 0.495 e. The summed E-state index contributed by atoms with van der Waals surface area (Å²) in [4.78, 5) is 1.99. The van der Waals surface area contributed by atoms with Crippen LogP contribution in [-0.2, 0) is 9.84 Å². The molecule has 1 aromatic carbocycles. The van der Waals surface area contributed by atoms with Crippen LogP contribution in [0.15, 0.2) is 17.0 Å². The molecule has 0 saturated carbocycles. The number of alkyl halides is 1. The van der Waals surface area contributed by atoms with E-state index >= 15 is 0 Å². The highest BCUT2D eigenvalue weighted by Gasteiger charge is 2.20. The third-order valence-corrected chi connectivity index (χ3v) is 4.33. The number of rotatable bonds is 5. The molecule has 5 nitrogen and oxygen atoms in total. The molecule has 1 aromatic rings. The van der Waals surface area contributed by atoms with Crippen LogP contribution < -0.4 is 14.4 Å². The van der Waals surface area contributed by atoms with Gasteiger partial charge in [0.1, 0.15) is 16.4 Å². The normalized spacial score (nSPS) is 11.2. The van der Waals surface area contributed by atoms with E-state index in [2.05, 4.69) is 15.9 Å². The van der Waals surface area contributed by atoms with Gasteiger partial charge in [-0.05, 0) is 0 Å². The summed E-state index contributed by atoms with van der Waals surface area (Å²) in [5.74, 6) is 0.791. The Bertz CT molecular complexity index is 530. The highest BCUT2D eigenvalue weighted by atomic mass is 79.9. The van der Waals surface area contributed by atoms with E-state index in [4.69, 9.17) is 9.47 Å². The highest BCUT2D eigenvalue weighted by Crippen LogP contribution is 2.37.